The number of benzene rings is 1. The van der Waals surface area contributed by atoms with Crippen molar-refractivity contribution in [2.75, 3.05) is 0 Å². The maximum atomic E-state index is 12.4. The van der Waals surface area contributed by atoms with E-state index in [1.54, 1.807) is 0 Å². The monoisotopic (exact) mass is 479 g/mol. The number of nitrogens with one attached hydrogen (secondary N) is 1. The summed E-state index contributed by atoms with van der Waals surface area (Å²) in [7, 11) is 0. The molecule has 0 spiro atoms. The lowest BCUT2D eigenvalue weighted by molar-refractivity contribution is -0.155. The van der Waals surface area contributed by atoms with Gasteiger partial charge in [-0.3, -0.25) is 4.79 Å². The van der Waals surface area contributed by atoms with Gasteiger partial charge in [0.15, 0.2) is 0 Å². The van der Waals surface area contributed by atoms with E-state index >= 15 is 0 Å². The SMILES string of the molecule is Cc1cccn2cc(-c3ccc(CC(CCC(=O)OC(C)(C)C)NC(=O)OC(C)(C)C)cc3)nc12. The Morgan fingerprint density at radius 2 is 1.66 bits per heavy atom. The molecule has 1 aromatic carbocycles. The molecule has 2 aromatic heterocycles. The van der Waals surface area contributed by atoms with Crippen LogP contribution in [0.3, 0.4) is 0 Å². The van der Waals surface area contributed by atoms with Crippen LogP contribution in [-0.4, -0.2) is 38.7 Å². The van der Waals surface area contributed by atoms with Gasteiger partial charge in [-0.15, -0.1) is 0 Å². The van der Waals surface area contributed by atoms with E-state index in [1.165, 1.54) is 0 Å². The summed E-state index contributed by atoms with van der Waals surface area (Å²) in [6.07, 6.45) is 4.73. The van der Waals surface area contributed by atoms with Gasteiger partial charge in [-0.2, -0.15) is 0 Å². The fourth-order valence-electron chi connectivity index (χ4n) is 3.77. The van der Waals surface area contributed by atoms with Crippen LogP contribution in [0.25, 0.3) is 16.9 Å². The van der Waals surface area contributed by atoms with Crippen molar-refractivity contribution in [1.82, 2.24) is 14.7 Å². The Labute approximate surface area is 207 Å². The molecule has 7 nitrogen and oxygen atoms in total. The summed E-state index contributed by atoms with van der Waals surface area (Å²) >= 11 is 0. The van der Waals surface area contributed by atoms with E-state index in [-0.39, 0.29) is 18.4 Å². The first-order valence-electron chi connectivity index (χ1n) is 12.0. The number of hydrogen-bond acceptors (Lipinski definition) is 5. The maximum Gasteiger partial charge on any atom is 0.407 e. The Balaban J connectivity index is 1.71. The molecule has 0 saturated heterocycles. The molecule has 0 aliphatic heterocycles. The molecule has 1 N–H and O–H groups in total. The zero-order chi connectivity index (χ0) is 25.8. The first-order valence-corrected chi connectivity index (χ1v) is 12.0. The minimum Gasteiger partial charge on any atom is -0.460 e. The van der Waals surface area contributed by atoms with Crippen molar-refractivity contribution in [2.24, 2.45) is 0 Å². The third kappa shape index (κ3) is 8.12. The van der Waals surface area contributed by atoms with Crippen molar-refractivity contribution in [3.63, 3.8) is 0 Å². The predicted molar refractivity (Wildman–Crippen MR) is 137 cm³/mol. The number of hydrogen-bond donors (Lipinski definition) is 1. The third-order valence-corrected chi connectivity index (χ3v) is 5.25. The van der Waals surface area contributed by atoms with Crippen molar-refractivity contribution in [1.29, 1.82) is 0 Å². The number of imidazole rings is 1. The molecule has 1 atom stereocenters. The van der Waals surface area contributed by atoms with Crippen LogP contribution < -0.4 is 5.32 Å². The molecule has 1 unspecified atom stereocenters. The van der Waals surface area contributed by atoms with Crippen LogP contribution in [0.5, 0.6) is 0 Å². The number of pyridine rings is 1. The molecule has 7 heteroatoms. The number of nitrogens with zero attached hydrogens (tertiary/aromatic N) is 2. The van der Waals surface area contributed by atoms with E-state index in [4.69, 9.17) is 14.5 Å². The standard InChI is InChI=1S/C28H37N3O4/c1-19-9-8-16-31-18-23(30-25(19)31)21-12-10-20(11-13-21)17-22(29-26(33)35-28(5,6)7)14-15-24(32)34-27(2,3)4/h8-13,16,18,22H,14-15,17H2,1-7H3,(H,29,33). The number of rotatable bonds is 7. The van der Waals surface area contributed by atoms with E-state index < -0.39 is 17.3 Å². The Kier molecular flexibility index (Phi) is 7.88. The van der Waals surface area contributed by atoms with E-state index in [2.05, 4.69) is 5.32 Å². The summed E-state index contributed by atoms with van der Waals surface area (Å²) in [5, 5.41) is 2.93. The van der Waals surface area contributed by atoms with Crippen LogP contribution in [0.2, 0.25) is 0 Å². The van der Waals surface area contributed by atoms with Gasteiger partial charge in [-0.25, -0.2) is 9.78 Å². The molecule has 35 heavy (non-hydrogen) atoms. The fourth-order valence-corrected chi connectivity index (χ4v) is 3.77. The lowest BCUT2D eigenvalue weighted by Gasteiger charge is -2.24. The lowest BCUT2D eigenvalue weighted by atomic mass is 10.00. The van der Waals surface area contributed by atoms with Gasteiger partial charge in [0.1, 0.15) is 16.8 Å². The summed E-state index contributed by atoms with van der Waals surface area (Å²) < 4.78 is 12.9. The topological polar surface area (TPSA) is 81.9 Å². The average Bonchev–Trinajstić information content (AvgIpc) is 3.16. The molecule has 2 heterocycles. The van der Waals surface area contributed by atoms with Gasteiger partial charge in [0, 0.05) is 30.4 Å². The minimum atomic E-state index is -0.603. The summed E-state index contributed by atoms with van der Waals surface area (Å²) in [4.78, 5) is 29.4. The molecule has 0 fully saturated rings. The highest BCUT2D eigenvalue weighted by molar-refractivity contribution is 5.71. The van der Waals surface area contributed by atoms with E-state index in [1.807, 2.05) is 102 Å². The Morgan fingerprint density at radius 1 is 1.00 bits per heavy atom. The largest absolute Gasteiger partial charge is 0.460 e. The van der Waals surface area contributed by atoms with Crippen molar-refractivity contribution in [3.8, 4) is 11.3 Å². The second-order valence-electron chi connectivity index (χ2n) is 10.9. The van der Waals surface area contributed by atoms with E-state index in [0.29, 0.717) is 12.8 Å². The van der Waals surface area contributed by atoms with Crippen LogP contribution in [0.1, 0.15) is 65.5 Å². The summed E-state index contributed by atoms with van der Waals surface area (Å²) in [5.74, 6) is -0.286. The Hall–Kier alpha value is -3.35. The quantitative estimate of drug-likeness (QED) is 0.429. The van der Waals surface area contributed by atoms with Gasteiger partial charge >= 0.3 is 12.1 Å². The molecule has 0 aliphatic carbocycles. The number of carbonyl (C=O) groups excluding carboxylic acids is 2. The first-order chi connectivity index (χ1) is 16.3. The number of fused-ring (bicyclic) bond motifs is 1. The molecular weight excluding hydrogens is 442 g/mol. The number of alkyl carbamates (subject to hydrolysis) is 1. The highest BCUT2D eigenvalue weighted by Gasteiger charge is 2.22. The van der Waals surface area contributed by atoms with Gasteiger partial charge in [-0.05, 0) is 78.5 Å². The molecule has 0 bridgehead atoms. The second kappa shape index (κ2) is 10.5. The van der Waals surface area contributed by atoms with Crippen LogP contribution in [0.4, 0.5) is 4.79 Å². The molecule has 1 amide bonds. The molecule has 0 radical (unpaired) electrons. The Bertz CT molecular complexity index is 1170. The third-order valence-electron chi connectivity index (χ3n) is 5.25. The smallest absolute Gasteiger partial charge is 0.407 e. The summed E-state index contributed by atoms with van der Waals surface area (Å²) in [5.41, 5.74) is 3.87. The van der Waals surface area contributed by atoms with Crippen molar-refractivity contribution < 1.29 is 19.1 Å². The van der Waals surface area contributed by atoms with Gasteiger partial charge in [0.05, 0.1) is 5.69 Å². The van der Waals surface area contributed by atoms with Crippen molar-refractivity contribution >= 4 is 17.7 Å². The number of aromatic nitrogens is 2. The maximum absolute atomic E-state index is 12.4. The Morgan fingerprint density at radius 3 is 2.26 bits per heavy atom. The second-order valence-corrected chi connectivity index (χ2v) is 10.9. The van der Waals surface area contributed by atoms with E-state index in [9.17, 15) is 9.59 Å². The number of carbonyl (C=O) groups is 2. The van der Waals surface area contributed by atoms with Crippen LogP contribution >= 0.6 is 0 Å². The van der Waals surface area contributed by atoms with Crippen LogP contribution in [0, 0.1) is 6.92 Å². The summed E-state index contributed by atoms with van der Waals surface area (Å²) in [6.45, 7) is 13.0. The number of ether oxygens (including phenoxy) is 2. The van der Waals surface area contributed by atoms with E-state index in [0.717, 1.165) is 28.0 Å². The minimum absolute atomic E-state index is 0.205. The number of aryl methyl sites for hydroxylation is 1. The molecular formula is C28H37N3O4. The molecule has 3 rings (SSSR count). The summed E-state index contributed by atoms with van der Waals surface area (Å²) in [6, 6.07) is 11.9. The van der Waals surface area contributed by atoms with Gasteiger partial charge in [0.2, 0.25) is 0 Å². The average molecular weight is 480 g/mol. The number of esters is 1. The van der Waals surface area contributed by atoms with Crippen molar-refractivity contribution in [2.45, 2.75) is 85.0 Å². The number of amides is 1. The zero-order valence-corrected chi connectivity index (χ0v) is 21.8. The molecule has 0 aliphatic rings. The van der Waals surface area contributed by atoms with Gasteiger partial charge in [0.25, 0.3) is 0 Å². The van der Waals surface area contributed by atoms with Gasteiger partial charge in [-0.1, -0.05) is 30.3 Å². The molecule has 0 saturated carbocycles. The molecule has 188 valence electrons. The first kappa shape index (κ1) is 26.3. The fraction of sp³-hybridized carbons (Fsp3) is 0.464. The lowest BCUT2D eigenvalue weighted by Crippen LogP contribution is -2.40. The highest BCUT2D eigenvalue weighted by Crippen LogP contribution is 2.22. The van der Waals surface area contributed by atoms with Crippen LogP contribution in [-0.2, 0) is 20.7 Å². The van der Waals surface area contributed by atoms with Crippen molar-refractivity contribution in [3.05, 3.63) is 59.9 Å². The predicted octanol–water partition coefficient (Wildman–Crippen LogP) is 5.87. The molecule has 3 aromatic rings. The van der Waals surface area contributed by atoms with Crippen LogP contribution in [0.15, 0.2) is 48.8 Å². The normalized spacial score (nSPS) is 12.9. The highest BCUT2D eigenvalue weighted by atomic mass is 16.6. The van der Waals surface area contributed by atoms with Gasteiger partial charge < -0.3 is 19.2 Å². The zero-order valence-electron chi connectivity index (χ0n) is 21.8.